The van der Waals surface area contributed by atoms with Gasteiger partial charge in [0, 0.05) is 18.7 Å². The second-order valence-electron chi connectivity index (χ2n) is 7.24. The summed E-state index contributed by atoms with van der Waals surface area (Å²) in [6.07, 6.45) is 5.78. The molecule has 1 spiro atoms. The Labute approximate surface area is 148 Å². The first kappa shape index (κ1) is 16.5. The second-order valence-corrected chi connectivity index (χ2v) is 7.24. The van der Waals surface area contributed by atoms with Gasteiger partial charge >= 0.3 is 0 Å². The molecule has 1 aliphatic heterocycles. The number of anilines is 1. The Balaban J connectivity index is 1.35. The molecule has 2 aliphatic rings. The van der Waals surface area contributed by atoms with Crippen molar-refractivity contribution < 1.29 is 9.47 Å². The van der Waals surface area contributed by atoms with Gasteiger partial charge in [0.05, 0.1) is 38.2 Å². The largest absolute Gasteiger partial charge is 0.351 e. The summed E-state index contributed by atoms with van der Waals surface area (Å²) in [5.41, 5.74) is 3.03. The number of aryl methyl sites for hydroxylation is 1. The van der Waals surface area contributed by atoms with Gasteiger partial charge in [0.15, 0.2) is 12.1 Å². The Bertz CT molecular complexity index is 751. The van der Waals surface area contributed by atoms with Gasteiger partial charge in [-0.3, -0.25) is 4.98 Å². The summed E-state index contributed by atoms with van der Waals surface area (Å²) in [7, 11) is 7.73. The van der Waals surface area contributed by atoms with Crippen molar-refractivity contribution >= 4 is 19.1 Å². The Morgan fingerprint density at radius 3 is 2.80 bits per heavy atom. The average Bonchev–Trinajstić information content (AvgIpc) is 3.18. The molecule has 0 amide bonds. The van der Waals surface area contributed by atoms with Crippen molar-refractivity contribution in [3.05, 3.63) is 29.7 Å². The zero-order valence-corrected chi connectivity index (χ0v) is 14.7. The van der Waals surface area contributed by atoms with E-state index in [1.54, 1.807) is 10.9 Å². The van der Waals surface area contributed by atoms with Gasteiger partial charge in [-0.25, -0.2) is 4.68 Å². The van der Waals surface area contributed by atoms with E-state index < -0.39 is 0 Å². The molecular weight excluding hydrogens is 317 g/mol. The van der Waals surface area contributed by atoms with Crippen LogP contribution in [0.4, 0.5) is 5.82 Å². The van der Waals surface area contributed by atoms with E-state index in [9.17, 15) is 0 Å². The Morgan fingerprint density at radius 1 is 1.36 bits per heavy atom. The molecule has 8 heteroatoms. The molecule has 0 aromatic carbocycles. The fourth-order valence-electron chi connectivity index (χ4n) is 3.00. The molecular formula is C17H22BN5O2. The molecule has 2 aromatic heterocycles. The monoisotopic (exact) mass is 339 g/mol. The summed E-state index contributed by atoms with van der Waals surface area (Å²) in [5.74, 6) is 0.785. The summed E-state index contributed by atoms with van der Waals surface area (Å²) >= 11 is 0. The lowest BCUT2D eigenvalue weighted by Gasteiger charge is -2.29. The molecule has 130 valence electrons. The molecule has 0 atom stereocenters. The lowest BCUT2D eigenvalue weighted by molar-refractivity contribution is -0.213. The normalized spacial score (nSPS) is 19.3. The second kappa shape index (κ2) is 6.42. The molecule has 1 saturated carbocycles. The first-order chi connectivity index (χ1) is 12.0. The Hall–Kier alpha value is -1.93. The number of nitrogens with zero attached hydrogens (tertiary/aromatic N) is 5. The van der Waals surface area contributed by atoms with Crippen molar-refractivity contribution in [2.75, 3.05) is 25.2 Å². The summed E-state index contributed by atoms with van der Waals surface area (Å²) in [5, 5.41) is 8.43. The maximum Gasteiger partial charge on any atom is 0.177 e. The van der Waals surface area contributed by atoms with E-state index in [2.05, 4.69) is 15.3 Å². The van der Waals surface area contributed by atoms with Crippen LogP contribution in [0, 0.1) is 12.3 Å². The first-order valence-electron chi connectivity index (χ1n) is 8.59. The van der Waals surface area contributed by atoms with Gasteiger partial charge in [0.2, 0.25) is 0 Å². The third kappa shape index (κ3) is 3.69. The van der Waals surface area contributed by atoms with Crippen LogP contribution < -0.4 is 10.4 Å². The number of hydrogen-bond acceptors (Lipinski definition) is 6. The quantitative estimate of drug-likeness (QED) is 0.742. The van der Waals surface area contributed by atoms with E-state index in [0.717, 1.165) is 30.3 Å². The minimum Gasteiger partial charge on any atom is -0.351 e. The molecule has 1 aliphatic carbocycles. The van der Waals surface area contributed by atoms with Gasteiger partial charge in [-0.15, -0.1) is 5.10 Å². The van der Waals surface area contributed by atoms with Crippen LogP contribution >= 0.6 is 0 Å². The van der Waals surface area contributed by atoms with E-state index in [4.69, 9.17) is 17.3 Å². The van der Waals surface area contributed by atoms with Crippen LogP contribution in [0.3, 0.4) is 0 Å². The lowest BCUT2D eigenvalue weighted by atomic mass is 9.96. The van der Waals surface area contributed by atoms with Gasteiger partial charge < -0.3 is 14.4 Å². The molecule has 2 radical (unpaired) electrons. The topological polar surface area (TPSA) is 65.3 Å². The zero-order chi connectivity index (χ0) is 17.4. The smallest absolute Gasteiger partial charge is 0.177 e. The predicted octanol–water partition coefficient (Wildman–Crippen LogP) is 0.565. The maximum absolute atomic E-state index is 5.81. The number of aromatic nitrogens is 4. The number of pyridine rings is 1. The molecule has 2 aromatic rings. The van der Waals surface area contributed by atoms with Gasteiger partial charge in [0.1, 0.15) is 7.85 Å². The molecule has 0 N–H and O–H groups in total. The van der Waals surface area contributed by atoms with E-state index in [1.165, 1.54) is 12.8 Å². The molecule has 2 fully saturated rings. The molecule has 0 bridgehead atoms. The van der Waals surface area contributed by atoms with Gasteiger partial charge in [0.25, 0.3) is 0 Å². The third-order valence-corrected chi connectivity index (χ3v) is 4.96. The van der Waals surface area contributed by atoms with Crippen LogP contribution in [0.2, 0.25) is 0 Å². The summed E-state index contributed by atoms with van der Waals surface area (Å²) in [6, 6.07) is 1.93. The van der Waals surface area contributed by atoms with Crippen LogP contribution in [0.1, 0.15) is 24.1 Å². The summed E-state index contributed by atoms with van der Waals surface area (Å²) in [4.78, 5) is 6.41. The Kier molecular flexibility index (Phi) is 4.25. The van der Waals surface area contributed by atoms with Crippen molar-refractivity contribution in [2.24, 2.45) is 5.41 Å². The number of ether oxygens (including phenoxy) is 2. The highest BCUT2D eigenvalue weighted by atomic mass is 16.7. The van der Waals surface area contributed by atoms with Crippen molar-refractivity contribution in [3.63, 3.8) is 0 Å². The molecule has 0 unspecified atom stereocenters. The van der Waals surface area contributed by atoms with Crippen LogP contribution in [-0.2, 0) is 22.6 Å². The van der Waals surface area contributed by atoms with Crippen molar-refractivity contribution in [1.82, 2.24) is 20.0 Å². The van der Waals surface area contributed by atoms with Crippen LogP contribution in [0.25, 0.3) is 0 Å². The van der Waals surface area contributed by atoms with E-state index in [0.29, 0.717) is 24.0 Å². The predicted molar refractivity (Wildman–Crippen MR) is 93.9 cm³/mol. The van der Waals surface area contributed by atoms with Crippen molar-refractivity contribution in [2.45, 2.75) is 39.1 Å². The molecule has 1 saturated heterocycles. The fraction of sp³-hybridized carbons (Fsp3) is 0.588. The number of hydrogen-bond donors (Lipinski definition) is 0. The third-order valence-electron chi connectivity index (χ3n) is 4.96. The van der Waals surface area contributed by atoms with Crippen LogP contribution in [0.5, 0.6) is 0 Å². The SMILES string of the molecule is [B]c1cnc(CN(C)c2cn(CC3OCC4(CC4)CO3)nn2)c(C)c1. The van der Waals surface area contributed by atoms with Crippen LogP contribution in [0.15, 0.2) is 18.5 Å². The van der Waals surface area contributed by atoms with E-state index in [1.807, 2.05) is 31.1 Å². The minimum atomic E-state index is -0.243. The highest BCUT2D eigenvalue weighted by molar-refractivity contribution is 6.32. The van der Waals surface area contributed by atoms with Crippen molar-refractivity contribution in [1.29, 1.82) is 0 Å². The molecule has 7 nitrogen and oxygen atoms in total. The van der Waals surface area contributed by atoms with Gasteiger partial charge in [-0.05, 0) is 25.3 Å². The summed E-state index contributed by atoms with van der Waals surface area (Å²) < 4.78 is 13.4. The fourth-order valence-corrected chi connectivity index (χ4v) is 3.00. The molecule has 4 rings (SSSR count). The maximum atomic E-state index is 5.81. The standard InChI is InChI=1S/C17H22BN5O2/c1-12-5-13(18)6-19-14(12)7-22(2)15-8-23(21-20-15)9-16-24-10-17(3-4-17)11-25-16/h5-6,8,16H,3-4,7,9-11H2,1-2H3. The first-order valence-corrected chi connectivity index (χ1v) is 8.59. The highest BCUT2D eigenvalue weighted by Crippen LogP contribution is 2.48. The molecule has 3 heterocycles. The summed E-state index contributed by atoms with van der Waals surface area (Å²) in [6.45, 7) is 4.79. The lowest BCUT2D eigenvalue weighted by Crippen LogP contribution is -2.36. The minimum absolute atomic E-state index is 0.243. The average molecular weight is 339 g/mol. The zero-order valence-electron chi connectivity index (χ0n) is 14.7. The van der Waals surface area contributed by atoms with Crippen molar-refractivity contribution in [3.8, 4) is 0 Å². The van der Waals surface area contributed by atoms with Crippen LogP contribution in [-0.4, -0.2) is 54.4 Å². The number of rotatable bonds is 5. The van der Waals surface area contributed by atoms with E-state index >= 15 is 0 Å². The molecule has 25 heavy (non-hydrogen) atoms. The van der Waals surface area contributed by atoms with E-state index in [-0.39, 0.29) is 6.29 Å². The van der Waals surface area contributed by atoms with Gasteiger partial charge in [-0.1, -0.05) is 16.7 Å². The highest BCUT2D eigenvalue weighted by Gasteiger charge is 2.46. The Morgan fingerprint density at radius 2 is 2.12 bits per heavy atom. The van der Waals surface area contributed by atoms with Gasteiger partial charge in [-0.2, -0.15) is 0 Å².